The van der Waals surface area contributed by atoms with Gasteiger partial charge in [0.15, 0.2) is 11.7 Å². The number of benzene rings is 2. The van der Waals surface area contributed by atoms with Gasteiger partial charge in [-0.05, 0) is 50.8 Å². The molecule has 0 saturated heterocycles. The number of fused-ring (bicyclic) bond motifs is 1. The Morgan fingerprint density at radius 3 is 2.59 bits per heavy atom. The van der Waals surface area contributed by atoms with E-state index in [0.717, 1.165) is 33.8 Å². The number of para-hydroxylation sites is 1. The molecule has 0 bridgehead atoms. The van der Waals surface area contributed by atoms with Gasteiger partial charge in [0.2, 0.25) is 0 Å². The largest absolute Gasteiger partial charge is 0.497 e. The summed E-state index contributed by atoms with van der Waals surface area (Å²) in [5.41, 5.74) is 1.85. The van der Waals surface area contributed by atoms with Gasteiger partial charge in [0, 0.05) is 13.1 Å². The van der Waals surface area contributed by atoms with Crippen LogP contribution in [-0.4, -0.2) is 56.7 Å². The molecule has 0 spiro atoms. The lowest BCUT2D eigenvalue weighted by molar-refractivity contribution is -0.120. The predicted octanol–water partition coefficient (Wildman–Crippen LogP) is 4.01. The Balaban J connectivity index is 0.00000300. The van der Waals surface area contributed by atoms with Crippen molar-refractivity contribution in [1.82, 2.24) is 9.88 Å². The molecule has 8 heteroatoms. The van der Waals surface area contributed by atoms with Gasteiger partial charge in [0.1, 0.15) is 11.5 Å². The molecule has 0 atom stereocenters. The van der Waals surface area contributed by atoms with Crippen molar-refractivity contribution in [3.8, 4) is 11.5 Å². The zero-order valence-electron chi connectivity index (χ0n) is 17.0. The molecule has 0 unspecified atom stereocenters. The van der Waals surface area contributed by atoms with Crippen molar-refractivity contribution in [2.24, 2.45) is 0 Å². The summed E-state index contributed by atoms with van der Waals surface area (Å²) in [5, 5.41) is 0.670. The standard InChI is InChI=1S/C21H25N3O3S.ClH/c1-15-7-5-6-8-18(15)27-14-20(25)24(12-11-23(2)3)21-22-17-10-9-16(26-4)13-19(17)28-21;/h5-10,13H,11-12,14H2,1-4H3;1H. The van der Waals surface area contributed by atoms with Gasteiger partial charge in [-0.3, -0.25) is 9.69 Å². The second-order valence-corrected chi connectivity index (χ2v) is 7.74. The van der Waals surface area contributed by atoms with Crippen LogP contribution in [-0.2, 0) is 4.79 Å². The maximum absolute atomic E-state index is 13.0. The molecule has 6 nitrogen and oxygen atoms in total. The summed E-state index contributed by atoms with van der Waals surface area (Å²) >= 11 is 1.48. The van der Waals surface area contributed by atoms with Gasteiger partial charge < -0.3 is 14.4 Å². The van der Waals surface area contributed by atoms with Crippen molar-refractivity contribution < 1.29 is 14.3 Å². The number of amides is 1. The molecule has 1 amide bonds. The van der Waals surface area contributed by atoms with Crippen LogP contribution in [0.5, 0.6) is 11.5 Å². The number of hydrogen-bond donors (Lipinski definition) is 0. The Kier molecular flexibility index (Phi) is 8.25. The molecule has 0 radical (unpaired) electrons. The molecule has 2 aromatic carbocycles. The van der Waals surface area contributed by atoms with Crippen molar-refractivity contribution in [3.63, 3.8) is 0 Å². The molecular weight excluding hydrogens is 410 g/mol. The molecule has 0 N–H and O–H groups in total. The normalized spacial score (nSPS) is 10.7. The van der Waals surface area contributed by atoms with Gasteiger partial charge >= 0.3 is 0 Å². The molecule has 0 aliphatic carbocycles. The number of aryl methyl sites for hydroxylation is 1. The SMILES string of the molecule is COc1ccc2nc(N(CCN(C)C)C(=O)COc3ccccc3C)sc2c1.Cl. The zero-order valence-corrected chi connectivity index (χ0v) is 18.7. The fourth-order valence-corrected chi connectivity index (χ4v) is 3.74. The van der Waals surface area contributed by atoms with E-state index in [1.54, 1.807) is 12.0 Å². The van der Waals surface area contributed by atoms with Gasteiger partial charge in [0.25, 0.3) is 5.91 Å². The highest BCUT2D eigenvalue weighted by molar-refractivity contribution is 7.22. The first-order valence-electron chi connectivity index (χ1n) is 9.06. The maximum atomic E-state index is 13.0. The summed E-state index contributed by atoms with van der Waals surface area (Å²) in [6, 6.07) is 13.4. The first-order valence-corrected chi connectivity index (χ1v) is 9.87. The third kappa shape index (κ3) is 5.82. The van der Waals surface area contributed by atoms with Crippen LogP contribution < -0.4 is 14.4 Å². The van der Waals surface area contributed by atoms with Crippen molar-refractivity contribution >= 4 is 45.0 Å². The number of hydrogen-bond acceptors (Lipinski definition) is 6. The van der Waals surface area contributed by atoms with E-state index in [2.05, 4.69) is 4.98 Å². The van der Waals surface area contributed by atoms with Gasteiger partial charge in [-0.2, -0.15) is 0 Å². The number of likely N-dealkylation sites (N-methyl/N-ethyl adjacent to an activating group) is 1. The summed E-state index contributed by atoms with van der Waals surface area (Å²) < 4.78 is 12.0. The van der Waals surface area contributed by atoms with Crippen LogP contribution in [0.1, 0.15) is 5.56 Å². The molecule has 0 fully saturated rings. The summed E-state index contributed by atoms with van der Waals surface area (Å²) in [5.74, 6) is 1.38. The molecule has 0 saturated carbocycles. The molecule has 156 valence electrons. The summed E-state index contributed by atoms with van der Waals surface area (Å²) in [4.78, 5) is 21.4. The monoisotopic (exact) mass is 435 g/mol. The van der Waals surface area contributed by atoms with Crippen LogP contribution >= 0.6 is 23.7 Å². The maximum Gasteiger partial charge on any atom is 0.266 e. The van der Waals surface area contributed by atoms with Gasteiger partial charge in [-0.1, -0.05) is 29.5 Å². The number of nitrogens with zero attached hydrogens (tertiary/aromatic N) is 3. The van der Waals surface area contributed by atoms with E-state index in [1.807, 2.05) is 68.4 Å². The number of aromatic nitrogens is 1. The number of carbonyl (C=O) groups is 1. The van der Waals surface area contributed by atoms with Crippen LogP contribution in [0.3, 0.4) is 0 Å². The highest BCUT2D eigenvalue weighted by Gasteiger charge is 2.21. The van der Waals surface area contributed by atoms with E-state index in [1.165, 1.54) is 11.3 Å². The third-order valence-corrected chi connectivity index (χ3v) is 5.37. The van der Waals surface area contributed by atoms with Gasteiger partial charge in [0.05, 0.1) is 17.3 Å². The molecule has 29 heavy (non-hydrogen) atoms. The number of rotatable bonds is 8. The number of thiazole rings is 1. The fourth-order valence-electron chi connectivity index (χ4n) is 2.70. The van der Waals surface area contributed by atoms with Crippen molar-refractivity contribution in [2.45, 2.75) is 6.92 Å². The lowest BCUT2D eigenvalue weighted by Crippen LogP contribution is -2.39. The molecule has 3 rings (SSSR count). The first-order chi connectivity index (χ1) is 13.5. The second kappa shape index (κ2) is 10.4. The predicted molar refractivity (Wildman–Crippen MR) is 121 cm³/mol. The Hall–Kier alpha value is -2.35. The van der Waals surface area contributed by atoms with E-state index < -0.39 is 0 Å². The molecule has 3 aromatic rings. The van der Waals surface area contributed by atoms with Crippen molar-refractivity contribution in [2.75, 3.05) is 45.8 Å². The van der Waals surface area contributed by atoms with Crippen LogP contribution in [0.25, 0.3) is 10.2 Å². The molecular formula is C21H26ClN3O3S. The van der Waals surface area contributed by atoms with E-state index in [4.69, 9.17) is 9.47 Å². The minimum Gasteiger partial charge on any atom is -0.497 e. The van der Waals surface area contributed by atoms with Gasteiger partial charge in [-0.25, -0.2) is 4.98 Å². The Bertz CT molecular complexity index is 961. The Morgan fingerprint density at radius 2 is 1.90 bits per heavy atom. The topological polar surface area (TPSA) is 54.9 Å². The number of halogens is 1. The average Bonchev–Trinajstić information content (AvgIpc) is 3.09. The lowest BCUT2D eigenvalue weighted by Gasteiger charge is -2.22. The van der Waals surface area contributed by atoms with Crippen LogP contribution in [0.2, 0.25) is 0 Å². The smallest absolute Gasteiger partial charge is 0.266 e. The van der Waals surface area contributed by atoms with Crippen molar-refractivity contribution in [3.05, 3.63) is 48.0 Å². The second-order valence-electron chi connectivity index (χ2n) is 6.73. The molecule has 0 aliphatic rings. The van der Waals surface area contributed by atoms with E-state index >= 15 is 0 Å². The van der Waals surface area contributed by atoms with Crippen LogP contribution in [0.15, 0.2) is 42.5 Å². The van der Waals surface area contributed by atoms with Crippen LogP contribution in [0.4, 0.5) is 5.13 Å². The first kappa shape index (κ1) is 22.9. The number of methoxy groups -OCH3 is 1. The van der Waals surface area contributed by atoms with E-state index in [-0.39, 0.29) is 24.9 Å². The van der Waals surface area contributed by atoms with E-state index in [0.29, 0.717) is 11.7 Å². The fraction of sp³-hybridized carbons (Fsp3) is 0.333. The minimum atomic E-state index is -0.115. The summed E-state index contributed by atoms with van der Waals surface area (Å²) in [7, 11) is 5.60. The van der Waals surface area contributed by atoms with E-state index in [9.17, 15) is 4.79 Å². The lowest BCUT2D eigenvalue weighted by atomic mass is 10.2. The number of carbonyl (C=O) groups excluding carboxylic acids is 1. The van der Waals surface area contributed by atoms with Crippen LogP contribution in [0, 0.1) is 6.92 Å². The molecule has 1 aromatic heterocycles. The Labute approximate surface area is 181 Å². The molecule has 0 aliphatic heterocycles. The highest BCUT2D eigenvalue weighted by atomic mass is 35.5. The highest BCUT2D eigenvalue weighted by Crippen LogP contribution is 2.31. The number of anilines is 1. The summed E-state index contributed by atoms with van der Waals surface area (Å²) in [6.07, 6.45) is 0. The summed E-state index contributed by atoms with van der Waals surface area (Å²) in [6.45, 7) is 3.21. The zero-order chi connectivity index (χ0) is 20.1. The average molecular weight is 436 g/mol. The quantitative estimate of drug-likeness (QED) is 0.535. The molecule has 1 heterocycles. The van der Waals surface area contributed by atoms with Gasteiger partial charge in [-0.15, -0.1) is 12.4 Å². The Morgan fingerprint density at radius 1 is 1.14 bits per heavy atom. The van der Waals surface area contributed by atoms with Crippen molar-refractivity contribution in [1.29, 1.82) is 0 Å². The third-order valence-electron chi connectivity index (χ3n) is 4.33. The minimum absolute atomic E-state index is 0. The number of ether oxygens (including phenoxy) is 2.